The molecular formula is C54H62ClF2N7O8. The number of aromatic hydroxyl groups is 1. The molecular weight excluding hydrogens is 948 g/mol. The van der Waals surface area contributed by atoms with Gasteiger partial charge in [0, 0.05) is 91.9 Å². The molecule has 0 bridgehead atoms. The number of methoxy groups -OCH3 is 1. The maximum Gasteiger partial charge on any atom is 0.328 e. The number of hydrogen-bond acceptors (Lipinski definition) is 10. The van der Waals surface area contributed by atoms with Crippen molar-refractivity contribution in [3.63, 3.8) is 0 Å². The Morgan fingerprint density at radius 2 is 1.60 bits per heavy atom. The molecule has 3 saturated heterocycles. The molecule has 4 aromatic carbocycles. The Balaban J connectivity index is 0.738. The van der Waals surface area contributed by atoms with Crippen LogP contribution in [0.25, 0.3) is 11.1 Å². The number of hydrogen-bond donors (Lipinski definition) is 5. The van der Waals surface area contributed by atoms with Crippen molar-refractivity contribution in [3.8, 4) is 28.4 Å². The van der Waals surface area contributed by atoms with E-state index in [2.05, 4.69) is 20.9 Å². The Labute approximate surface area is 422 Å². The van der Waals surface area contributed by atoms with Gasteiger partial charge in [0.05, 0.1) is 23.4 Å². The zero-order valence-electron chi connectivity index (χ0n) is 40.6. The number of fused-ring (bicyclic) bond motifs is 1. The average molecular weight is 1010 g/mol. The standard InChI is InChI=1S/C54H62ClF2N7O8/c1-31-45-43(29-39(56)48(55)47(45)46-38(50(58)67)13-15-42(71-2)49(46)57)72-54(31,36-6-4-3-5-7-36)30-60-37-11-8-34(9-12-37)51(68)59-21-27-62-22-16-32(17-23-62)33-18-24-63(25-19-33)52(69)35-10-14-41(65)40(28-35)64-26-20-44(66)61-53(64)70/h3-7,10,13-15,28-29,31-34,37,60,65H,8-9,11-12,16-27,30H2,1-2H3,(H2,58,67)(H,59,68)(H,61,66,70)/t31-,34?,37?,54-/m0/s1. The first-order chi connectivity index (χ1) is 34.7. The Kier molecular flexibility index (Phi) is 15.1. The van der Waals surface area contributed by atoms with Crippen molar-refractivity contribution in [3.05, 3.63) is 106 Å². The topological polar surface area (TPSA) is 196 Å². The second kappa shape index (κ2) is 21.4. The summed E-state index contributed by atoms with van der Waals surface area (Å²) < 4.78 is 44.0. The number of nitrogens with two attached hydrogens (primary N) is 1. The summed E-state index contributed by atoms with van der Waals surface area (Å²) in [6.45, 7) is 6.88. The van der Waals surface area contributed by atoms with Crippen molar-refractivity contribution in [2.45, 2.75) is 82.3 Å². The second-order valence-corrected chi connectivity index (χ2v) is 20.3. The number of carbonyl (C=O) groups excluding carboxylic acids is 5. The first-order valence-electron chi connectivity index (χ1n) is 25.1. The summed E-state index contributed by atoms with van der Waals surface area (Å²) in [4.78, 5) is 69.3. The molecule has 382 valence electrons. The number of ether oxygens (including phenoxy) is 2. The van der Waals surface area contributed by atoms with Crippen LogP contribution >= 0.6 is 11.6 Å². The quantitative estimate of drug-likeness (QED) is 0.0846. The van der Waals surface area contributed by atoms with Crippen LogP contribution in [-0.4, -0.2) is 110 Å². The van der Waals surface area contributed by atoms with Crippen LogP contribution in [0.3, 0.4) is 0 Å². The first kappa shape index (κ1) is 50.6. The van der Waals surface area contributed by atoms with Crippen LogP contribution in [0.2, 0.25) is 5.02 Å². The molecule has 4 aromatic rings. The third-order valence-corrected chi connectivity index (χ3v) is 16.3. The number of amides is 6. The Hall–Kier alpha value is -6.30. The number of nitrogens with one attached hydrogen (secondary N) is 3. The van der Waals surface area contributed by atoms with Gasteiger partial charge in [-0.25, -0.2) is 13.6 Å². The second-order valence-electron chi connectivity index (χ2n) is 19.9. The van der Waals surface area contributed by atoms with Crippen molar-refractivity contribution in [1.82, 2.24) is 25.8 Å². The Morgan fingerprint density at radius 1 is 0.903 bits per heavy atom. The minimum absolute atomic E-state index is 0.0140. The monoisotopic (exact) mass is 1010 g/mol. The molecule has 9 rings (SSSR count). The average Bonchev–Trinajstić information content (AvgIpc) is 3.67. The van der Waals surface area contributed by atoms with Crippen LogP contribution in [0.1, 0.15) is 102 Å². The van der Waals surface area contributed by atoms with Gasteiger partial charge in [-0.1, -0.05) is 48.9 Å². The predicted octanol–water partition coefficient (Wildman–Crippen LogP) is 7.47. The van der Waals surface area contributed by atoms with Gasteiger partial charge in [0.25, 0.3) is 5.91 Å². The van der Waals surface area contributed by atoms with E-state index in [1.165, 1.54) is 42.3 Å². The van der Waals surface area contributed by atoms with Crippen molar-refractivity contribution in [2.75, 3.05) is 64.4 Å². The van der Waals surface area contributed by atoms with Gasteiger partial charge in [-0.05, 0) is 112 Å². The lowest BCUT2D eigenvalue weighted by Crippen LogP contribution is -2.49. The molecule has 6 amide bonds. The number of primary amides is 1. The predicted molar refractivity (Wildman–Crippen MR) is 267 cm³/mol. The molecule has 4 heterocycles. The number of rotatable bonds is 14. The molecule has 0 aromatic heterocycles. The highest BCUT2D eigenvalue weighted by molar-refractivity contribution is 6.34. The SMILES string of the molecule is COc1ccc(C(N)=O)c(-c2c(Cl)c(F)cc3c2[C@H](C)[C@@](CNC2CCC(C(=O)NCCN4CCC(C5CCN(C(=O)c6ccc(O)c(N7CCC(=O)NC7=O)c6)CC5)CC4)CC2)(c2ccccc2)O3)c1F. The summed E-state index contributed by atoms with van der Waals surface area (Å²) in [7, 11) is 1.29. The molecule has 5 aliphatic rings. The highest BCUT2D eigenvalue weighted by Crippen LogP contribution is 2.56. The summed E-state index contributed by atoms with van der Waals surface area (Å²) in [6.07, 6.45) is 6.99. The van der Waals surface area contributed by atoms with E-state index < -0.39 is 35.1 Å². The first-order valence-corrected chi connectivity index (χ1v) is 25.4. The lowest BCUT2D eigenvalue weighted by molar-refractivity contribution is -0.126. The van der Waals surface area contributed by atoms with Crippen molar-refractivity contribution in [1.29, 1.82) is 0 Å². The van der Waals surface area contributed by atoms with Gasteiger partial charge in [-0.3, -0.25) is 29.4 Å². The van der Waals surface area contributed by atoms with E-state index >= 15 is 8.78 Å². The number of imide groups is 1. The fourth-order valence-electron chi connectivity index (χ4n) is 11.8. The van der Waals surface area contributed by atoms with E-state index in [9.17, 15) is 29.1 Å². The van der Waals surface area contributed by atoms with Crippen LogP contribution in [0.5, 0.6) is 17.2 Å². The van der Waals surface area contributed by atoms with E-state index in [0.29, 0.717) is 62.0 Å². The lowest BCUT2D eigenvalue weighted by Gasteiger charge is -2.40. The lowest BCUT2D eigenvalue weighted by atomic mass is 9.77. The molecule has 0 unspecified atom stereocenters. The van der Waals surface area contributed by atoms with Gasteiger partial charge < -0.3 is 40.7 Å². The number of piperidine rings is 2. The summed E-state index contributed by atoms with van der Waals surface area (Å²) in [5.74, 6) is -2.76. The smallest absolute Gasteiger partial charge is 0.328 e. The number of anilines is 1. The molecule has 6 N–H and O–H groups in total. The summed E-state index contributed by atoms with van der Waals surface area (Å²) >= 11 is 6.68. The molecule has 15 nitrogen and oxygen atoms in total. The third-order valence-electron chi connectivity index (χ3n) is 15.9. The number of phenols is 1. The van der Waals surface area contributed by atoms with Gasteiger partial charge in [0.2, 0.25) is 17.7 Å². The minimum atomic E-state index is -1.08. The Morgan fingerprint density at radius 3 is 2.26 bits per heavy atom. The maximum absolute atomic E-state index is 16.2. The van der Waals surface area contributed by atoms with E-state index in [0.717, 1.165) is 63.7 Å². The number of benzene rings is 4. The number of phenolic OH excluding ortho intramolecular Hbond substituents is 1. The zero-order chi connectivity index (χ0) is 50.8. The number of urea groups is 1. The summed E-state index contributed by atoms with van der Waals surface area (Å²) in [6, 6.07) is 17.4. The molecule has 72 heavy (non-hydrogen) atoms. The van der Waals surface area contributed by atoms with E-state index in [-0.39, 0.29) is 87.3 Å². The Bertz CT molecular complexity index is 2720. The maximum atomic E-state index is 16.2. The number of likely N-dealkylation sites (tertiary alicyclic amines) is 2. The highest BCUT2D eigenvalue weighted by Gasteiger charge is 2.50. The van der Waals surface area contributed by atoms with E-state index in [1.54, 1.807) is 6.07 Å². The number of nitrogens with zero attached hydrogens (tertiary/aromatic N) is 3. The van der Waals surface area contributed by atoms with Crippen LogP contribution in [0.4, 0.5) is 19.3 Å². The fraction of sp³-hybridized carbons (Fsp3) is 0.463. The summed E-state index contributed by atoms with van der Waals surface area (Å²) in [5, 5.41) is 19.3. The third kappa shape index (κ3) is 10.1. The minimum Gasteiger partial charge on any atom is -0.506 e. The van der Waals surface area contributed by atoms with Gasteiger partial charge in [-0.2, -0.15) is 0 Å². The molecule has 18 heteroatoms. The van der Waals surface area contributed by atoms with Crippen LogP contribution in [0.15, 0.2) is 66.7 Å². The zero-order valence-corrected chi connectivity index (χ0v) is 41.4. The van der Waals surface area contributed by atoms with Gasteiger partial charge in [0.1, 0.15) is 17.3 Å². The molecule has 0 radical (unpaired) electrons. The van der Waals surface area contributed by atoms with Gasteiger partial charge in [-0.15, -0.1) is 0 Å². The highest BCUT2D eigenvalue weighted by atomic mass is 35.5. The molecule has 0 spiro atoms. The van der Waals surface area contributed by atoms with Crippen LogP contribution < -0.4 is 36.1 Å². The van der Waals surface area contributed by atoms with E-state index in [1.807, 2.05) is 42.2 Å². The van der Waals surface area contributed by atoms with Crippen molar-refractivity contribution >= 4 is 46.9 Å². The van der Waals surface area contributed by atoms with Crippen LogP contribution in [-0.2, 0) is 15.2 Å². The summed E-state index contributed by atoms with van der Waals surface area (Å²) in [5.41, 5.74) is 6.05. The fourth-order valence-corrected chi connectivity index (χ4v) is 12.0. The van der Waals surface area contributed by atoms with Crippen molar-refractivity contribution < 1.29 is 47.3 Å². The molecule has 4 aliphatic heterocycles. The molecule has 1 saturated carbocycles. The number of halogens is 3. The van der Waals surface area contributed by atoms with Crippen LogP contribution in [0, 0.1) is 29.4 Å². The largest absolute Gasteiger partial charge is 0.506 e. The molecule has 4 fully saturated rings. The number of carbonyl (C=O) groups is 5. The normalized spacial score (nSPS) is 23.0. The molecule has 2 atom stereocenters. The van der Waals surface area contributed by atoms with Gasteiger partial charge in [0.15, 0.2) is 17.2 Å². The van der Waals surface area contributed by atoms with E-state index in [4.69, 9.17) is 26.8 Å². The molecule has 1 aliphatic carbocycles. The van der Waals surface area contributed by atoms with Crippen molar-refractivity contribution in [2.24, 2.45) is 23.5 Å². The van der Waals surface area contributed by atoms with Gasteiger partial charge >= 0.3 is 6.03 Å².